The molecule has 0 fully saturated rings. The summed E-state index contributed by atoms with van der Waals surface area (Å²) in [5.41, 5.74) is 5.28. The van der Waals surface area contributed by atoms with Crippen molar-refractivity contribution < 1.29 is 31.8 Å². The van der Waals surface area contributed by atoms with Gasteiger partial charge in [-0.3, -0.25) is 9.13 Å². The van der Waals surface area contributed by atoms with Crippen LogP contribution in [0.3, 0.4) is 0 Å². The van der Waals surface area contributed by atoms with Crippen molar-refractivity contribution >= 4 is 22.3 Å². The van der Waals surface area contributed by atoms with Gasteiger partial charge < -0.3 is 22.7 Å². The Kier molecular flexibility index (Phi) is 11.6. The fourth-order valence-corrected chi connectivity index (χ4v) is 8.96. The van der Waals surface area contributed by atoms with Crippen molar-refractivity contribution in [1.29, 1.82) is 0 Å². The van der Waals surface area contributed by atoms with Crippen LogP contribution in [0.4, 0.5) is 0 Å². The maximum atomic E-state index is 13.4. The first-order valence-electron chi connectivity index (χ1n) is 11.2. The Hall–Kier alpha value is -0.250. The molecule has 0 bridgehead atoms. The molecule has 0 saturated heterocycles. The van der Waals surface area contributed by atoms with E-state index in [2.05, 4.69) is 0 Å². The molecule has 0 radical (unpaired) electrons. The van der Waals surface area contributed by atoms with Gasteiger partial charge in [-0.15, -0.1) is 0 Å². The van der Waals surface area contributed by atoms with Gasteiger partial charge in [0, 0.05) is 6.16 Å². The number of hydrogen-bond donors (Lipinski definition) is 0. The van der Waals surface area contributed by atoms with E-state index in [1.54, 1.807) is 41.0 Å². The molecule has 0 N–H and O–H groups in total. The van der Waals surface area contributed by atoms with E-state index >= 15 is 0 Å². The molecule has 32 heavy (non-hydrogen) atoms. The summed E-state index contributed by atoms with van der Waals surface area (Å²) in [6.07, 6.45) is 0.585. The van der Waals surface area contributed by atoms with Crippen LogP contribution in [0.1, 0.15) is 61.1 Å². The largest absolute Gasteiger partial charge is 0.335 e. The molecule has 0 aromatic heterocycles. The van der Waals surface area contributed by atoms with Crippen LogP contribution >= 0.6 is 22.3 Å². The lowest BCUT2D eigenvalue weighted by Gasteiger charge is -2.27. The van der Waals surface area contributed by atoms with Crippen LogP contribution in [0.15, 0.2) is 0 Å². The molecular formula is C22H41O7P3. The van der Waals surface area contributed by atoms with Gasteiger partial charge in [0.25, 0.3) is 0 Å². The lowest BCUT2D eigenvalue weighted by atomic mass is 9.90. The van der Waals surface area contributed by atoms with E-state index in [0.29, 0.717) is 6.16 Å². The van der Waals surface area contributed by atoms with E-state index in [0.717, 1.165) is 33.4 Å². The topological polar surface area (TPSA) is 88.1 Å². The average Bonchev–Trinajstić information content (AvgIpc) is 2.66. The monoisotopic (exact) mass is 510 g/mol. The molecular weight excluding hydrogens is 469 g/mol. The van der Waals surface area contributed by atoms with E-state index in [1.165, 1.54) is 0 Å². The number of hydrogen-bond acceptors (Lipinski definition) is 7. The number of benzene rings is 1. The number of rotatable bonds is 14. The minimum absolute atomic E-state index is 0.0952. The van der Waals surface area contributed by atoms with Gasteiger partial charge in [-0.2, -0.15) is 0 Å². The molecule has 1 aromatic carbocycles. The minimum atomic E-state index is -3.38. The summed E-state index contributed by atoms with van der Waals surface area (Å²) < 4.78 is 61.7. The third-order valence-corrected chi connectivity index (χ3v) is 10.4. The maximum Gasteiger partial charge on any atom is 0.335 e. The van der Waals surface area contributed by atoms with Gasteiger partial charge in [0.1, 0.15) is 0 Å². The third kappa shape index (κ3) is 8.20. The highest BCUT2D eigenvalue weighted by atomic mass is 31.2. The van der Waals surface area contributed by atoms with Crippen molar-refractivity contribution in [3.05, 3.63) is 33.4 Å². The van der Waals surface area contributed by atoms with E-state index in [4.69, 9.17) is 18.1 Å². The summed E-state index contributed by atoms with van der Waals surface area (Å²) >= 11 is 0. The minimum Gasteiger partial charge on any atom is -0.324 e. The van der Waals surface area contributed by atoms with E-state index in [9.17, 15) is 13.7 Å². The molecule has 0 atom stereocenters. The Labute approximate surface area is 194 Å². The van der Waals surface area contributed by atoms with Crippen molar-refractivity contribution in [1.82, 2.24) is 0 Å². The molecule has 0 aliphatic carbocycles. The second kappa shape index (κ2) is 12.5. The first-order chi connectivity index (χ1) is 14.8. The van der Waals surface area contributed by atoms with Crippen molar-refractivity contribution in [2.75, 3.05) is 39.8 Å². The maximum absolute atomic E-state index is 13.4. The van der Waals surface area contributed by atoms with Gasteiger partial charge in [0.2, 0.25) is 0 Å². The first kappa shape index (κ1) is 29.8. The van der Waals surface area contributed by atoms with Crippen molar-refractivity contribution in [2.45, 2.75) is 67.0 Å². The van der Waals surface area contributed by atoms with Gasteiger partial charge in [-0.1, -0.05) is 0 Å². The van der Waals surface area contributed by atoms with Crippen LogP contribution < -0.4 is 0 Å². The van der Waals surface area contributed by atoms with Crippen LogP contribution in [-0.4, -0.2) is 39.8 Å². The Morgan fingerprint density at radius 2 is 0.781 bits per heavy atom. The lowest BCUT2D eigenvalue weighted by Crippen LogP contribution is -2.11. The van der Waals surface area contributed by atoms with Crippen LogP contribution in [-0.2, 0) is 50.3 Å². The standard InChI is InChI=1S/C22H41O7P3/c1-10-26-31(24,27-11-2)15-21-17(5)20(14-30(8,9)23)18(6)22(19(21)7)16-32(25,28-12-3)29-13-4/h10-16H2,1-9H3. The summed E-state index contributed by atoms with van der Waals surface area (Å²) in [6.45, 7) is 17.5. The highest BCUT2D eigenvalue weighted by Crippen LogP contribution is 2.56. The quantitative estimate of drug-likeness (QED) is 0.243. The molecule has 1 aromatic rings. The van der Waals surface area contributed by atoms with Gasteiger partial charge in [-0.25, -0.2) is 0 Å². The highest BCUT2D eigenvalue weighted by molar-refractivity contribution is 7.61. The normalized spacial score (nSPS) is 13.0. The molecule has 0 heterocycles. The molecule has 0 saturated carbocycles. The SMILES string of the molecule is CCOP(=O)(Cc1c(C)c(CP(C)(C)=O)c(C)c(CP(=O)(OCC)OCC)c1C)OCC. The summed E-state index contributed by atoms with van der Waals surface area (Å²) in [7, 11) is -9.17. The van der Waals surface area contributed by atoms with Crippen molar-refractivity contribution in [3.63, 3.8) is 0 Å². The third-order valence-electron chi connectivity index (χ3n) is 5.26. The van der Waals surface area contributed by atoms with Gasteiger partial charge >= 0.3 is 15.2 Å². The lowest BCUT2D eigenvalue weighted by molar-refractivity contribution is 0.218. The zero-order valence-electron chi connectivity index (χ0n) is 21.1. The summed E-state index contributed by atoms with van der Waals surface area (Å²) in [4.78, 5) is 0. The Morgan fingerprint density at radius 1 is 0.531 bits per heavy atom. The Morgan fingerprint density at radius 3 is 1.00 bits per heavy atom. The fraction of sp³-hybridized carbons (Fsp3) is 0.727. The average molecular weight is 510 g/mol. The molecule has 10 heteroatoms. The fourth-order valence-electron chi connectivity index (χ4n) is 3.91. The summed E-state index contributed by atoms with van der Waals surface area (Å²) in [6, 6.07) is 0. The summed E-state index contributed by atoms with van der Waals surface area (Å²) in [5.74, 6) is 0. The van der Waals surface area contributed by atoms with E-state index < -0.39 is 22.3 Å². The molecule has 0 amide bonds. The van der Waals surface area contributed by atoms with Gasteiger partial charge in [0.05, 0.1) is 45.9 Å². The van der Waals surface area contributed by atoms with Crippen molar-refractivity contribution in [3.8, 4) is 0 Å². The van der Waals surface area contributed by atoms with Crippen molar-refractivity contribution in [2.24, 2.45) is 0 Å². The smallest absolute Gasteiger partial charge is 0.324 e. The molecule has 1 rings (SSSR count). The predicted molar refractivity (Wildman–Crippen MR) is 133 cm³/mol. The second-order valence-electron chi connectivity index (χ2n) is 8.25. The Balaban J connectivity index is 3.77. The molecule has 0 aliphatic heterocycles. The van der Waals surface area contributed by atoms with Crippen LogP contribution in [0.2, 0.25) is 0 Å². The molecule has 0 aliphatic rings. The predicted octanol–water partition coefficient (Wildman–Crippen LogP) is 7.27. The van der Waals surface area contributed by atoms with Gasteiger partial charge in [-0.05, 0) is 95.2 Å². The molecule has 0 unspecified atom stereocenters. The molecule has 0 spiro atoms. The van der Waals surface area contributed by atoms with Crippen LogP contribution in [0.5, 0.6) is 0 Å². The summed E-state index contributed by atoms with van der Waals surface area (Å²) in [5, 5.41) is 0. The zero-order chi connectivity index (χ0) is 24.7. The van der Waals surface area contributed by atoms with Crippen LogP contribution in [0.25, 0.3) is 0 Å². The van der Waals surface area contributed by atoms with E-state index in [-0.39, 0.29) is 38.8 Å². The Bertz CT molecular complexity index is 842. The molecule has 186 valence electrons. The van der Waals surface area contributed by atoms with Crippen LogP contribution in [0, 0.1) is 20.8 Å². The van der Waals surface area contributed by atoms with E-state index in [1.807, 2.05) is 20.8 Å². The first-order valence-corrected chi connectivity index (χ1v) is 17.4. The zero-order valence-corrected chi connectivity index (χ0v) is 23.8. The second-order valence-corrected chi connectivity index (χ2v) is 15.8. The highest BCUT2D eigenvalue weighted by Gasteiger charge is 2.32. The molecule has 7 nitrogen and oxygen atoms in total. The van der Waals surface area contributed by atoms with Gasteiger partial charge in [0.15, 0.2) is 0 Å².